The van der Waals surface area contributed by atoms with Crippen LogP contribution in [0.4, 0.5) is 0 Å². The Balaban J connectivity index is 1.91. The maximum atomic E-state index is 12.1. The SMILES string of the molecule is C=CCNC(=O)c1cccc(C(=O)NCCc2ccc(Cl)cc2)n1. The number of amides is 2. The van der Waals surface area contributed by atoms with Crippen LogP contribution in [-0.4, -0.2) is 29.9 Å². The Morgan fingerprint density at radius 1 is 1.04 bits per heavy atom. The van der Waals surface area contributed by atoms with Crippen LogP contribution in [0.5, 0.6) is 0 Å². The molecule has 1 heterocycles. The molecule has 0 aliphatic rings. The lowest BCUT2D eigenvalue weighted by Gasteiger charge is -2.07. The average Bonchev–Trinajstić information content (AvgIpc) is 2.61. The lowest BCUT2D eigenvalue weighted by atomic mass is 10.1. The smallest absolute Gasteiger partial charge is 0.270 e. The minimum absolute atomic E-state index is 0.196. The molecule has 0 radical (unpaired) electrons. The summed E-state index contributed by atoms with van der Waals surface area (Å²) < 4.78 is 0. The van der Waals surface area contributed by atoms with Crippen LogP contribution < -0.4 is 10.6 Å². The van der Waals surface area contributed by atoms with E-state index in [2.05, 4.69) is 22.2 Å². The number of halogens is 1. The topological polar surface area (TPSA) is 71.1 Å². The maximum absolute atomic E-state index is 12.1. The van der Waals surface area contributed by atoms with Gasteiger partial charge in [-0.2, -0.15) is 0 Å². The van der Waals surface area contributed by atoms with Crippen molar-refractivity contribution in [2.45, 2.75) is 6.42 Å². The predicted octanol–water partition coefficient (Wildman–Crippen LogP) is 2.62. The molecule has 2 amide bonds. The molecule has 0 atom stereocenters. The molecule has 1 aromatic carbocycles. The van der Waals surface area contributed by atoms with Crippen LogP contribution in [0.15, 0.2) is 55.1 Å². The number of benzene rings is 1. The third-order valence-corrected chi connectivity index (χ3v) is 3.49. The first kappa shape index (κ1) is 17.7. The number of hydrogen-bond donors (Lipinski definition) is 2. The molecule has 0 bridgehead atoms. The Bertz CT molecular complexity index is 729. The summed E-state index contributed by atoms with van der Waals surface area (Å²) in [6, 6.07) is 12.2. The fraction of sp³-hybridized carbons (Fsp3) is 0.167. The highest BCUT2D eigenvalue weighted by atomic mass is 35.5. The first-order valence-electron chi connectivity index (χ1n) is 7.49. The van der Waals surface area contributed by atoms with Gasteiger partial charge in [-0.25, -0.2) is 4.98 Å². The van der Waals surface area contributed by atoms with Crippen molar-refractivity contribution in [3.05, 3.63) is 77.1 Å². The predicted molar refractivity (Wildman–Crippen MR) is 94.3 cm³/mol. The highest BCUT2D eigenvalue weighted by Crippen LogP contribution is 2.09. The molecule has 0 unspecified atom stereocenters. The van der Waals surface area contributed by atoms with E-state index in [1.165, 1.54) is 0 Å². The Hall–Kier alpha value is -2.66. The zero-order valence-corrected chi connectivity index (χ0v) is 13.8. The first-order chi connectivity index (χ1) is 11.6. The number of nitrogens with zero attached hydrogens (tertiary/aromatic N) is 1. The van der Waals surface area contributed by atoms with Crippen LogP contribution in [0.2, 0.25) is 5.02 Å². The van der Waals surface area contributed by atoms with Gasteiger partial charge >= 0.3 is 0 Å². The van der Waals surface area contributed by atoms with Gasteiger partial charge in [0.25, 0.3) is 11.8 Å². The average molecular weight is 344 g/mol. The normalized spacial score (nSPS) is 10.0. The van der Waals surface area contributed by atoms with Crippen molar-refractivity contribution in [3.8, 4) is 0 Å². The van der Waals surface area contributed by atoms with E-state index >= 15 is 0 Å². The van der Waals surface area contributed by atoms with Crippen molar-refractivity contribution in [2.24, 2.45) is 0 Å². The van der Waals surface area contributed by atoms with Crippen molar-refractivity contribution in [1.82, 2.24) is 15.6 Å². The maximum Gasteiger partial charge on any atom is 0.270 e. The monoisotopic (exact) mass is 343 g/mol. The molecule has 2 aromatic rings. The molecule has 0 fully saturated rings. The van der Waals surface area contributed by atoms with Crippen LogP contribution >= 0.6 is 11.6 Å². The van der Waals surface area contributed by atoms with Gasteiger partial charge < -0.3 is 10.6 Å². The van der Waals surface area contributed by atoms with E-state index in [4.69, 9.17) is 11.6 Å². The molecule has 2 rings (SSSR count). The fourth-order valence-electron chi connectivity index (χ4n) is 2.01. The minimum Gasteiger partial charge on any atom is -0.350 e. The lowest BCUT2D eigenvalue weighted by Crippen LogP contribution is -2.28. The molecular weight excluding hydrogens is 326 g/mol. The Morgan fingerprint density at radius 3 is 2.29 bits per heavy atom. The summed E-state index contributed by atoms with van der Waals surface area (Å²) in [5.74, 6) is -0.659. The highest BCUT2D eigenvalue weighted by Gasteiger charge is 2.11. The molecule has 24 heavy (non-hydrogen) atoms. The third-order valence-electron chi connectivity index (χ3n) is 3.23. The van der Waals surface area contributed by atoms with Crippen LogP contribution in [0.25, 0.3) is 0 Å². The summed E-state index contributed by atoms with van der Waals surface area (Å²) in [5, 5.41) is 6.09. The molecule has 1 aromatic heterocycles. The number of carbonyl (C=O) groups is 2. The molecule has 5 nitrogen and oxygen atoms in total. The van der Waals surface area contributed by atoms with Crippen molar-refractivity contribution >= 4 is 23.4 Å². The number of carbonyl (C=O) groups excluding carboxylic acids is 2. The molecular formula is C18H18ClN3O2. The van der Waals surface area contributed by atoms with Crippen LogP contribution in [0.1, 0.15) is 26.5 Å². The summed E-state index contributed by atoms with van der Waals surface area (Å²) >= 11 is 5.83. The summed E-state index contributed by atoms with van der Waals surface area (Å²) in [7, 11) is 0. The van der Waals surface area contributed by atoms with Gasteiger partial charge in [0.15, 0.2) is 0 Å². The molecule has 0 saturated heterocycles. The van der Waals surface area contributed by atoms with Gasteiger partial charge in [-0.05, 0) is 36.2 Å². The minimum atomic E-state index is -0.342. The van der Waals surface area contributed by atoms with E-state index in [-0.39, 0.29) is 23.2 Å². The molecule has 0 aliphatic heterocycles. The quantitative estimate of drug-likeness (QED) is 0.759. The Kier molecular flexibility index (Phi) is 6.51. The molecule has 0 aliphatic carbocycles. The zero-order chi connectivity index (χ0) is 17.4. The van der Waals surface area contributed by atoms with E-state index in [9.17, 15) is 9.59 Å². The number of nitrogens with one attached hydrogen (secondary N) is 2. The molecule has 124 valence electrons. The number of rotatable bonds is 7. The van der Waals surface area contributed by atoms with Crippen LogP contribution in [-0.2, 0) is 6.42 Å². The van der Waals surface area contributed by atoms with Gasteiger partial charge in [-0.15, -0.1) is 6.58 Å². The van der Waals surface area contributed by atoms with Gasteiger partial charge in [-0.1, -0.05) is 35.9 Å². The van der Waals surface area contributed by atoms with Gasteiger partial charge in [0.2, 0.25) is 0 Å². The van der Waals surface area contributed by atoms with E-state index in [1.807, 2.05) is 24.3 Å². The fourth-order valence-corrected chi connectivity index (χ4v) is 2.13. The first-order valence-corrected chi connectivity index (χ1v) is 7.86. The second-order valence-electron chi connectivity index (χ2n) is 5.04. The second kappa shape index (κ2) is 8.84. The van der Waals surface area contributed by atoms with Crippen molar-refractivity contribution < 1.29 is 9.59 Å². The number of aromatic nitrogens is 1. The van der Waals surface area contributed by atoms with Crippen LogP contribution in [0.3, 0.4) is 0 Å². The summed E-state index contributed by atoms with van der Waals surface area (Å²) in [6.45, 7) is 4.34. The van der Waals surface area contributed by atoms with E-state index in [1.54, 1.807) is 24.3 Å². The zero-order valence-electron chi connectivity index (χ0n) is 13.1. The van der Waals surface area contributed by atoms with Gasteiger partial charge in [0.1, 0.15) is 11.4 Å². The van der Waals surface area contributed by atoms with E-state index in [0.717, 1.165) is 5.56 Å². The molecule has 0 saturated carbocycles. The van der Waals surface area contributed by atoms with E-state index < -0.39 is 0 Å². The van der Waals surface area contributed by atoms with Gasteiger partial charge in [-0.3, -0.25) is 9.59 Å². The van der Waals surface area contributed by atoms with Gasteiger partial charge in [0, 0.05) is 18.1 Å². The Morgan fingerprint density at radius 2 is 1.67 bits per heavy atom. The number of hydrogen-bond acceptors (Lipinski definition) is 3. The summed E-state index contributed by atoms with van der Waals surface area (Å²) in [4.78, 5) is 28.1. The standard InChI is InChI=1S/C18H18ClN3O2/c1-2-11-20-17(23)15-4-3-5-16(22-15)18(24)21-12-10-13-6-8-14(19)9-7-13/h2-9H,1,10-12H2,(H,20,23)(H,21,24). The molecule has 0 spiro atoms. The van der Waals surface area contributed by atoms with E-state index in [0.29, 0.717) is 24.5 Å². The lowest BCUT2D eigenvalue weighted by molar-refractivity contribution is 0.0946. The Labute approximate surface area is 145 Å². The van der Waals surface area contributed by atoms with Crippen molar-refractivity contribution in [2.75, 3.05) is 13.1 Å². The summed E-state index contributed by atoms with van der Waals surface area (Å²) in [6.07, 6.45) is 2.26. The third kappa shape index (κ3) is 5.21. The summed E-state index contributed by atoms with van der Waals surface area (Å²) in [5.41, 5.74) is 1.48. The van der Waals surface area contributed by atoms with Gasteiger partial charge in [0.05, 0.1) is 0 Å². The second-order valence-corrected chi connectivity index (χ2v) is 5.48. The number of pyridine rings is 1. The highest BCUT2D eigenvalue weighted by molar-refractivity contribution is 6.30. The van der Waals surface area contributed by atoms with Crippen LogP contribution in [0, 0.1) is 0 Å². The molecule has 6 heteroatoms. The largest absolute Gasteiger partial charge is 0.350 e. The van der Waals surface area contributed by atoms with Crippen molar-refractivity contribution in [3.63, 3.8) is 0 Å². The molecule has 2 N–H and O–H groups in total. The van der Waals surface area contributed by atoms with Crippen molar-refractivity contribution in [1.29, 1.82) is 0 Å².